The number of pyridine rings is 1. The summed E-state index contributed by atoms with van der Waals surface area (Å²) in [6.45, 7) is 1.37. The molecule has 1 atom stereocenters. The summed E-state index contributed by atoms with van der Waals surface area (Å²) in [6.07, 6.45) is 4.98. The van der Waals surface area contributed by atoms with E-state index < -0.39 is 0 Å². The van der Waals surface area contributed by atoms with Crippen LogP contribution in [-0.4, -0.2) is 46.5 Å². The Kier molecular flexibility index (Phi) is 7.06. The fourth-order valence-corrected chi connectivity index (χ4v) is 5.27. The monoisotopic (exact) mass is 535 g/mol. The van der Waals surface area contributed by atoms with Gasteiger partial charge in [-0.2, -0.15) is 0 Å². The number of phenolic OH excluding ortho intramolecular Hbond substituents is 1. The van der Waals surface area contributed by atoms with Gasteiger partial charge < -0.3 is 24.8 Å². The molecule has 5 heterocycles. The number of aromatic hydroxyl groups is 1. The van der Waals surface area contributed by atoms with Gasteiger partial charge >= 0.3 is 0 Å². The van der Waals surface area contributed by atoms with Crippen LogP contribution in [-0.2, 0) is 17.6 Å². The molecule has 2 amide bonds. The average Bonchev–Trinajstić information content (AvgIpc) is 2.97. The number of nitrogens with zero attached hydrogens (tertiary/aromatic N) is 2. The van der Waals surface area contributed by atoms with Gasteiger partial charge in [-0.3, -0.25) is 14.6 Å². The maximum absolute atomic E-state index is 13.6. The Morgan fingerprint density at radius 3 is 2.55 bits per heavy atom. The number of phenols is 1. The van der Waals surface area contributed by atoms with Crippen molar-refractivity contribution >= 4 is 11.8 Å². The third kappa shape index (κ3) is 5.33. The van der Waals surface area contributed by atoms with Gasteiger partial charge in [0, 0.05) is 25.5 Å². The molecule has 8 nitrogen and oxygen atoms in total. The Labute approximate surface area is 232 Å². The van der Waals surface area contributed by atoms with E-state index in [4.69, 9.17) is 9.47 Å². The predicted molar refractivity (Wildman–Crippen MR) is 149 cm³/mol. The van der Waals surface area contributed by atoms with E-state index in [0.717, 1.165) is 22.3 Å². The van der Waals surface area contributed by atoms with Gasteiger partial charge in [0.25, 0.3) is 5.91 Å². The number of hydrogen-bond acceptors (Lipinski definition) is 6. The first-order valence-corrected chi connectivity index (χ1v) is 13.4. The van der Waals surface area contributed by atoms with Gasteiger partial charge in [0.05, 0.1) is 24.6 Å². The van der Waals surface area contributed by atoms with Crippen LogP contribution >= 0.6 is 0 Å². The molecular weight excluding hydrogens is 506 g/mol. The third-order valence-corrected chi connectivity index (χ3v) is 7.29. The molecule has 8 heteroatoms. The standard InChI is InChI=1S/C32H29N3O5/c36-29-9-7-26-20-28(29)32(38)34-13-1-17-39-24-4-2-22(3-5-24)31-27-8-6-25(40-26)19-23(27)12-16-35(31)30(37)18-21-10-14-33-15-11-21/h2-11,14-15,19-20,31,36H,1,12-13,16-18H2,(H,34,38). The first-order valence-electron chi connectivity index (χ1n) is 13.4. The Morgan fingerprint density at radius 2 is 1.73 bits per heavy atom. The van der Waals surface area contributed by atoms with E-state index in [-0.39, 0.29) is 29.2 Å². The Balaban J connectivity index is 1.38. The first-order chi connectivity index (χ1) is 19.5. The number of nitrogens with one attached hydrogen (secondary N) is 1. The summed E-state index contributed by atoms with van der Waals surface area (Å²) in [5.41, 5.74) is 4.20. The minimum atomic E-state index is -0.380. The van der Waals surface area contributed by atoms with E-state index in [0.29, 0.717) is 56.2 Å². The number of carbonyl (C=O) groups excluding carboxylic acids is 2. The second-order valence-corrected chi connectivity index (χ2v) is 9.94. The highest BCUT2D eigenvalue weighted by Gasteiger charge is 2.32. The summed E-state index contributed by atoms with van der Waals surface area (Å²) < 4.78 is 12.0. The van der Waals surface area contributed by atoms with Crippen LogP contribution in [0.3, 0.4) is 0 Å². The highest BCUT2D eigenvalue weighted by molar-refractivity contribution is 5.97. The predicted octanol–water partition coefficient (Wildman–Crippen LogP) is 4.81. The molecule has 4 aliphatic rings. The lowest BCUT2D eigenvalue weighted by atomic mass is 9.87. The number of aromatic nitrogens is 1. The molecule has 1 unspecified atom stereocenters. The lowest BCUT2D eigenvalue weighted by molar-refractivity contribution is -0.132. The van der Waals surface area contributed by atoms with Gasteiger partial charge in [-0.1, -0.05) is 18.2 Å². The number of rotatable bonds is 2. The SMILES string of the molecule is O=C1NCCCOc2ccc(cc2)C2c3ccc(cc3CCN2C(=O)Cc2ccncc2)Oc2ccc(O)c1c2. The van der Waals surface area contributed by atoms with E-state index in [2.05, 4.69) is 10.3 Å². The van der Waals surface area contributed by atoms with E-state index in [1.807, 2.05) is 59.5 Å². The normalized spacial score (nSPS) is 16.6. The largest absolute Gasteiger partial charge is 0.507 e. The van der Waals surface area contributed by atoms with Crippen molar-refractivity contribution in [2.24, 2.45) is 0 Å². The fraction of sp³-hybridized carbons (Fsp3) is 0.219. The van der Waals surface area contributed by atoms with Gasteiger partial charge in [0.1, 0.15) is 23.0 Å². The molecule has 0 radical (unpaired) electrons. The highest BCUT2D eigenvalue weighted by atomic mass is 16.5. The summed E-state index contributed by atoms with van der Waals surface area (Å²) in [4.78, 5) is 32.3. The summed E-state index contributed by atoms with van der Waals surface area (Å²) in [5, 5.41) is 13.1. The zero-order valence-electron chi connectivity index (χ0n) is 21.9. The van der Waals surface area contributed by atoms with Crippen LogP contribution in [0.25, 0.3) is 0 Å². The number of carbonyl (C=O) groups is 2. The molecule has 2 N–H and O–H groups in total. The quantitative estimate of drug-likeness (QED) is 0.382. The fourth-order valence-electron chi connectivity index (χ4n) is 5.27. The number of fused-ring (bicyclic) bond motifs is 1. The lowest BCUT2D eigenvalue weighted by Crippen LogP contribution is -2.41. The number of ether oxygens (including phenoxy) is 2. The van der Waals surface area contributed by atoms with Crippen molar-refractivity contribution in [1.82, 2.24) is 15.2 Å². The molecule has 8 rings (SSSR count). The number of benzene rings is 3. The summed E-state index contributed by atoms with van der Waals surface area (Å²) >= 11 is 0. The van der Waals surface area contributed by atoms with Crippen molar-refractivity contribution in [3.8, 4) is 23.0 Å². The zero-order chi connectivity index (χ0) is 27.5. The number of hydrogen-bond donors (Lipinski definition) is 2. The van der Waals surface area contributed by atoms with Crippen molar-refractivity contribution in [3.05, 3.63) is 113 Å². The van der Waals surface area contributed by atoms with Crippen LogP contribution in [0.4, 0.5) is 0 Å². The molecule has 0 saturated carbocycles. The van der Waals surface area contributed by atoms with Crippen LogP contribution in [0.2, 0.25) is 0 Å². The van der Waals surface area contributed by atoms with Gasteiger partial charge in [0.2, 0.25) is 5.91 Å². The molecule has 4 aromatic rings. The van der Waals surface area contributed by atoms with Crippen LogP contribution in [0.5, 0.6) is 23.0 Å². The van der Waals surface area contributed by atoms with E-state index in [1.54, 1.807) is 18.5 Å². The van der Waals surface area contributed by atoms with Crippen molar-refractivity contribution < 1.29 is 24.2 Å². The van der Waals surface area contributed by atoms with Crippen molar-refractivity contribution in [2.75, 3.05) is 19.7 Å². The molecule has 40 heavy (non-hydrogen) atoms. The van der Waals surface area contributed by atoms with Crippen molar-refractivity contribution in [2.45, 2.75) is 25.3 Å². The molecule has 0 fully saturated rings. The smallest absolute Gasteiger partial charge is 0.255 e. The summed E-state index contributed by atoms with van der Waals surface area (Å²) in [5.74, 6) is 1.34. The van der Waals surface area contributed by atoms with E-state index in [9.17, 15) is 14.7 Å². The van der Waals surface area contributed by atoms with Crippen LogP contribution in [0.15, 0.2) is 85.2 Å². The van der Waals surface area contributed by atoms with Gasteiger partial charge in [-0.05, 0) is 89.7 Å². The van der Waals surface area contributed by atoms with Crippen LogP contribution < -0.4 is 14.8 Å². The van der Waals surface area contributed by atoms with Crippen LogP contribution in [0, 0.1) is 0 Å². The Morgan fingerprint density at radius 1 is 0.975 bits per heavy atom. The van der Waals surface area contributed by atoms with Gasteiger partial charge in [0.15, 0.2) is 0 Å². The topological polar surface area (TPSA) is 101 Å². The highest BCUT2D eigenvalue weighted by Crippen LogP contribution is 2.39. The van der Waals surface area contributed by atoms with E-state index >= 15 is 0 Å². The second kappa shape index (κ2) is 11.1. The summed E-state index contributed by atoms with van der Waals surface area (Å²) in [6, 6.07) is 21.8. The maximum atomic E-state index is 13.6. The third-order valence-electron chi connectivity index (χ3n) is 7.29. The molecule has 1 aromatic heterocycles. The molecule has 3 aromatic carbocycles. The zero-order valence-corrected chi connectivity index (χ0v) is 21.9. The molecule has 0 aliphatic carbocycles. The van der Waals surface area contributed by atoms with E-state index in [1.165, 1.54) is 12.1 Å². The van der Waals surface area contributed by atoms with Crippen molar-refractivity contribution in [3.63, 3.8) is 0 Å². The summed E-state index contributed by atoms with van der Waals surface area (Å²) in [7, 11) is 0. The minimum absolute atomic E-state index is 0.0506. The van der Waals surface area contributed by atoms with Crippen molar-refractivity contribution in [1.29, 1.82) is 0 Å². The molecule has 0 saturated heterocycles. The number of amides is 2. The van der Waals surface area contributed by atoms with Gasteiger partial charge in [-0.25, -0.2) is 0 Å². The molecule has 4 aliphatic heterocycles. The maximum Gasteiger partial charge on any atom is 0.255 e. The minimum Gasteiger partial charge on any atom is -0.507 e. The van der Waals surface area contributed by atoms with Gasteiger partial charge in [-0.15, -0.1) is 0 Å². The molecule has 0 spiro atoms. The Hall–Kier alpha value is -4.85. The lowest BCUT2D eigenvalue weighted by Gasteiger charge is -2.38. The Bertz CT molecular complexity index is 1540. The van der Waals surface area contributed by atoms with Crippen LogP contribution in [0.1, 0.15) is 45.1 Å². The second-order valence-electron chi connectivity index (χ2n) is 9.94. The average molecular weight is 536 g/mol. The molecule has 202 valence electrons. The molecular formula is C32H29N3O5. The molecule has 8 bridgehead atoms. The first kappa shape index (κ1) is 25.4.